The van der Waals surface area contributed by atoms with Gasteiger partial charge in [-0.3, -0.25) is 9.59 Å². The summed E-state index contributed by atoms with van der Waals surface area (Å²) in [5.41, 5.74) is 11.9. The van der Waals surface area contributed by atoms with Crippen LogP contribution in [-0.2, 0) is 9.47 Å². The Hall–Kier alpha value is -2.50. The van der Waals surface area contributed by atoms with Gasteiger partial charge in [0.05, 0.1) is 25.3 Å². The molecule has 94 valence electrons. The maximum atomic E-state index is 12.2. The molecule has 0 amide bonds. The van der Waals surface area contributed by atoms with Gasteiger partial charge in [0.2, 0.25) is 23.1 Å². The van der Waals surface area contributed by atoms with Gasteiger partial charge in [0.1, 0.15) is 0 Å². The summed E-state index contributed by atoms with van der Waals surface area (Å²) in [5, 5.41) is 0. The lowest BCUT2D eigenvalue weighted by Crippen LogP contribution is -2.26. The van der Waals surface area contributed by atoms with Gasteiger partial charge < -0.3 is 20.9 Å². The number of carbonyl (C=O) groups is 2. The van der Waals surface area contributed by atoms with Crippen LogP contribution in [0.3, 0.4) is 0 Å². The van der Waals surface area contributed by atoms with E-state index < -0.39 is 11.6 Å². The zero-order chi connectivity index (χ0) is 13.4. The van der Waals surface area contributed by atoms with E-state index >= 15 is 0 Å². The number of nitrogen functional groups attached to an aromatic ring is 2. The third-order valence-electron chi connectivity index (χ3n) is 2.75. The van der Waals surface area contributed by atoms with Crippen LogP contribution in [-0.4, -0.2) is 25.8 Å². The Balaban J connectivity index is 2.80. The highest BCUT2D eigenvalue weighted by atomic mass is 16.5. The number of allylic oxidation sites excluding steroid dienone is 2. The zero-order valence-corrected chi connectivity index (χ0v) is 9.94. The first-order valence-corrected chi connectivity index (χ1v) is 5.12. The van der Waals surface area contributed by atoms with Crippen LogP contribution in [0.25, 0.3) is 0 Å². The highest BCUT2D eigenvalue weighted by Crippen LogP contribution is 2.33. The maximum absolute atomic E-state index is 12.2. The summed E-state index contributed by atoms with van der Waals surface area (Å²) in [6.07, 6.45) is 0. The molecule has 0 unspecified atom stereocenters. The number of fused-ring (bicyclic) bond motifs is 1. The van der Waals surface area contributed by atoms with Crippen LogP contribution in [0, 0.1) is 0 Å². The monoisotopic (exact) mass is 248 g/mol. The van der Waals surface area contributed by atoms with Crippen molar-refractivity contribution >= 4 is 22.9 Å². The molecule has 4 N–H and O–H groups in total. The van der Waals surface area contributed by atoms with E-state index in [1.807, 2.05) is 0 Å². The molecule has 1 aliphatic carbocycles. The topological polar surface area (TPSA) is 105 Å². The molecule has 0 atom stereocenters. The molecule has 6 nitrogen and oxygen atoms in total. The van der Waals surface area contributed by atoms with Crippen molar-refractivity contribution in [3.05, 3.63) is 34.8 Å². The molecule has 2 rings (SSSR count). The van der Waals surface area contributed by atoms with Crippen LogP contribution in [0.5, 0.6) is 0 Å². The molecule has 18 heavy (non-hydrogen) atoms. The molecule has 1 aromatic carbocycles. The second-order valence-electron chi connectivity index (χ2n) is 3.72. The molecular formula is C12H12N2O4. The van der Waals surface area contributed by atoms with Crippen LogP contribution in [0.2, 0.25) is 0 Å². The highest BCUT2D eigenvalue weighted by Gasteiger charge is 2.37. The largest absolute Gasteiger partial charge is 0.489 e. The van der Waals surface area contributed by atoms with Gasteiger partial charge in [-0.15, -0.1) is 0 Å². The van der Waals surface area contributed by atoms with Crippen molar-refractivity contribution in [1.29, 1.82) is 0 Å². The number of methoxy groups -OCH3 is 2. The number of ketones is 2. The van der Waals surface area contributed by atoms with E-state index in [-0.39, 0.29) is 34.0 Å². The van der Waals surface area contributed by atoms with E-state index in [2.05, 4.69) is 0 Å². The first-order valence-electron chi connectivity index (χ1n) is 5.12. The predicted molar refractivity (Wildman–Crippen MR) is 65.0 cm³/mol. The molecule has 0 heterocycles. The van der Waals surface area contributed by atoms with Crippen LogP contribution >= 0.6 is 0 Å². The molecule has 0 saturated carbocycles. The van der Waals surface area contributed by atoms with Crippen LogP contribution in [0.4, 0.5) is 11.4 Å². The van der Waals surface area contributed by atoms with Crippen LogP contribution in [0.15, 0.2) is 23.7 Å². The Labute approximate surface area is 103 Å². The van der Waals surface area contributed by atoms with Crippen molar-refractivity contribution in [1.82, 2.24) is 0 Å². The molecule has 0 spiro atoms. The van der Waals surface area contributed by atoms with Gasteiger partial charge in [0.25, 0.3) is 0 Å². The molecule has 0 radical (unpaired) electrons. The number of Topliss-reactive ketones (excluding diaryl/α,β-unsaturated/α-hetero) is 2. The lowest BCUT2D eigenvalue weighted by Gasteiger charge is -2.21. The Kier molecular flexibility index (Phi) is 2.70. The second-order valence-corrected chi connectivity index (χ2v) is 3.72. The summed E-state index contributed by atoms with van der Waals surface area (Å²) in [7, 11) is 2.57. The minimum atomic E-state index is -0.506. The van der Waals surface area contributed by atoms with Gasteiger partial charge in [0.15, 0.2) is 0 Å². The minimum absolute atomic E-state index is 0.0673. The number of hydrogen-bond donors (Lipinski definition) is 2. The quantitative estimate of drug-likeness (QED) is 0.748. The molecule has 0 fully saturated rings. The Bertz CT molecular complexity index is 539. The fourth-order valence-electron chi connectivity index (χ4n) is 1.93. The third-order valence-corrected chi connectivity index (χ3v) is 2.75. The van der Waals surface area contributed by atoms with Gasteiger partial charge in [0, 0.05) is 11.4 Å². The highest BCUT2D eigenvalue weighted by molar-refractivity contribution is 6.29. The number of carbonyl (C=O) groups excluding carboxylic acids is 2. The number of benzene rings is 1. The fourth-order valence-corrected chi connectivity index (χ4v) is 1.93. The molecule has 1 aromatic rings. The van der Waals surface area contributed by atoms with E-state index in [0.717, 1.165) is 0 Å². The summed E-state index contributed by atoms with van der Waals surface area (Å²) < 4.78 is 9.83. The van der Waals surface area contributed by atoms with E-state index in [1.165, 1.54) is 26.4 Å². The Morgan fingerprint density at radius 2 is 1.17 bits per heavy atom. The van der Waals surface area contributed by atoms with Crippen molar-refractivity contribution in [2.45, 2.75) is 0 Å². The van der Waals surface area contributed by atoms with E-state index in [9.17, 15) is 9.59 Å². The molecule has 0 aromatic heterocycles. The molecule has 0 bridgehead atoms. The summed E-state index contributed by atoms with van der Waals surface area (Å²) >= 11 is 0. The molecule has 0 saturated heterocycles. The minimum Gasteiger partial charge on any atom is -0.489 e. The van der Waals surface area contributed by atoms with E-state index in [0.29, 0.717) is 0 Å². The lowest BCUT2D eigenvalue weighted by molar-refractivity contribution is 0.0830. The zero-order valence-electron chi connectivity index (χ0n) is 9.94. The van der Waals surface area contributed by atoms with Gasteiger partial charge in [-0.1, -0.05) is 0 Å². The SMILES string of the molecule is COC1=C(OC)C(=O)c2c(N)ccc(N)c2C1=O. The average Bonchev–Trinajstić information content (AvgIpc) is 2.35. The van der Waals surface area contributed by atoms with Crippen molar-refractivity contribution in [2.24, 2.45) is 0 Å². The molecule has 0 aliphatic heterocycles. The third kappa shape index (κ3) is 1.42. The van der Waals surface area contributed by atoms with Gasteiger partial charge in [-0.2, -0.15) is 0 Å². The summed E-state index contributed by atoms with van der Waals surface area (Å²) in [6, 6.07) is 2.95. The van der Waals surface area contributed by atoms with Gasteiger partial charge in [-0.05, 0) is 12.1 Å². The van der Waals surface area contributed by atoms with E-state index in [1.54, 1.807) is 0 Å². The lowest BCUT2D eigenvalue weighted by atomic mass is 9.89. The van der Waals surface area contributed by atoms with Crippen LogP contribution < -0.4 is 11.5 Å². The maximum Gasteiger partial charge on any atom is 0.234 e. The van der Waals surface area contributed by atoms with Crippen molar-refractivity contribution in [2.75, 3.05) is 25.7 Å². The average molecular weight is 248 g/mol. The van der Waals surface area contributed by atoms with Gasteiger partial charge in [-0.25, -0.2) is 0 Å². The molecular weight excluding hydrogens is 236 g/mol. The second kappa shape index (κ2) is 4.06. The smallest absolute Gasteiger partial charge is 0.234 e. The summed E-state index contributed by atoms with van der Waals surface area (Å²) in [5.74, 6) is -1.33. The van der Waals surface area contributed by atoms with Gasteiger partial charge >= 0.3 is 0 Å². The molecule has 1 aliphatic rings. The van der Waals surface area contributed by atoms with Crippen molar-refractivity contribution in [3.63, 3.8) is 0 Å². The predicted octanol–water partition coefficient (Wildman–Crippen LogP) is 0.734. The fraction of sp³-hybridized carbons (Fsp3) is 0.167. The Morgan fingerprint density at radius 1 is 0.833 bits per heavy atom. The summed E-state index contributed by atoms with van der Waals surface area (Å²) in [4.78, 5) is 24.4. The molecule has 6 heteroatoms. The number of anilines is 2. The standard InChI is InChI=1S/C12H12N2O4/c1-17-11-9(15)7-5(13)3-4-6(14)8(7)10(16)12(11)18-2/h3-4H,13-14H2,1-2H3. The first-order chi connectivity index (χ1) is 8.52. The van der Waals surface area contributed by atoms with Crippen molar-refractivity contribution in [3.8, 4) is 0 Å². The number of hydrogen-bond acceptors (Lipinski definition) is 6. The Morgan fingerprint density at radius 3 is 1.44 bits per heavy atom. The van der Waals surface area contributed by atoms with Crippen molar-refractivity contribution < 1.29 is 19.1 Å². The van der Waals surface area contributed by atoms with E-state index in [4.69, 9.17) is 20.9 Å². The summed E-state index contributed by atoms with van der Waals surface area (Å²) in [6.45, 7) is 0. The normalized spacial score (nSPS) is 14.6. The first kappa shape index (κ1) is 12.0. The number of nitrogens with two attached hydrogens (primary N) is 2. The number of rotatable bonds is 2. The number of ether oxygens (including phenoxy) is 2. The van der Waals surface area contributed by atoms with Crippen LogP contribution in [0.1, 0.15) is 20.7 Å².